The molecule has 0 aliphatic rings. The number of nitrogen functional groups attached to an aromatic ring is 1. The molecule has 0 spiro atoms. The van der Waals surface area contributed by atoms with Crippen LogP contribution in [0.15, 0.2) is 0 Å². The van der Waals surface area contributed by atoms with Crippen LogP contribution < -0.4 is 11.1 Å². The van der Waals surface area contributed by atoms with Crippen LogP contribution >= 0.6 is 0 Å². The molecule has 0 bridgehead atoms. The van der Waals surface area contributed by atoms with Gasteiger partial charge < -0.3 is 16.0 Å². The summed E-state index contributed by atoms with van der Waals surface area (Å²) in [6, 6.07) is 0. The van der Waals surface area contributed by atoms with Crippen molar-refractivity contribution in [3.05, 3.63) is 11.4 Å². The van der Waals surface area contributed by atoms with Crippen LogP contribution in [0.2, 0.25) is 0 Å². The summed E-state index contributed by atoms with van der Waals surface area (Å²) < 4.78 is 1.54. The highest BCUT2D eigenvalue weighted by molar-refractivity contribution is 5.99. The SMILES string of the molecule is CCN(CC)C(=O)CNC(=O)c1c(N)c(C)nn1CC. The third-order valence-electron chi connectivity index (χ3n) is 3.20. The maximum Gasteiger partial charge on any atom is 0.272 e. The summed E-state index contributed by atoms with van der Waals surface area (Å²) in [6.45, 7) is 9.19. The summed E-state index contributed by atoms with van der Waals surface area (Å²) >= 11 is 0. The largest absolute Gasteiger partial charge is 0.395 e. The average molecular weight is 281 g/mol. The molecule has 20 heavy (non-hydrogen) atoms. The molecule has 0 radical (unpaired) electrons. The summed E-state index contributed by atoms with van der Waals surface area (Å²) in [5.41, 5.74) is 7.15. The van der Waals surface area contributed by atoms with Gasteiger partial charge in [0.15, 0.2) is 0 Å². The first-order chi connectivity index (χ1) is 9.46. The van der Waals surface area contributed by atoms with Crippen molar-refractivity contribution < 1.29 is 9.59 Å². The van der Waals surface area contributed by atoms with Gasteiger partial charge in [-0.05, 0) is 27.7 Å². The molecule has 7 heteroatoms. The molecule has 0 fully saturated rings. The van der Waals surface area contributed by atoms with E-state index in [1.165, 1.54) is 0 Å². The predicted molar refractivity (Wildman–Crippen MR) is 77.3 cm³/mol. The van der Waals surface area contributed by atoms with Gasteiger partial charge in [0.25, 0.3) is 5.91 Å². The van der Waals surface area contributed by atoms with Crippen molar-refractivity contribution in [2.24, 2.45) is 0 Å². The number of amides is 2. The fourth-order valence-corrected chi connectivity index (χ4v) is 1.99. The molecule has 1 aromatic rings. The Labute approximate surface area is 119 Å². The van der Waals surface area contributed by atoms with Crippen LogP contribution in [0, 0.1) is 6.92 Å². The van der Waals surface area contributed by atoms with Crippen molar-refractivity contribution in [1.29, 1.82) is 0 Å². The zero-order valence-corrected chi connectivity index (χ0v) is 12.6. The molecule has 0 saturated heterocycles. The second kappa shape index (κ2) is 6.93. The minimum Gasteiger partial charge on any atom is -0.395 e. The highest BCUT2D eigenvalue weighted by Gasteiger charge is 2.20. The topological polar surface area (TPSA) is 93.2 Å². The Bertz CT molecular complexity index is 491. The van der Waals surface area contributed by atoms with Gasteiger partial charge >= 0.3 is 0 Å². The second-order valence-corrected chi connectivity index (χ2v) is 4.41. The van der Waals surface area contributed by atoms with Crippen LogP contribution in [0.25, 0.3) is 0 Å². The Morgan fingerprint density at radius 1 is 1.30 bits per heavy atom. The Kier molecular flexibility index (Phi) is 5.54. The molecule has 1 rings (SSSR count). The van der Waals surface area contributed by atoms with Crippen molar-refractivity contribution in [2.45, 2.75) is 34.2 Å². The van der Waals surface area contributed by atoms with E-state index in [0.717, 1.165) is 0 Å². The Hall–Kier alpha value is -2.05. The Balaban J connectivity index is 2.75. The summed E-state index contributed by atoms with van der Waals surface area (Å²) in [5, 5.41) is 6.79. The van der Waals surface area contributed by atoms with Crippen LogP contribution in [0.5, 0.6) is 0 Å². The summed E-state index contributed by atoms with van der Waals surface area (Å²) in [6.07, 6.45) is 0. The second-order valence-electron chi connectivity index (χ2n) is 4.41. The number of aryl methyl sites for hydroxylation is 2. The van der Waals surface area contributed by atoms with Gasteiger partial charge in [0, 0.05) is 19.6 Å². The molecule has 0 unspecified atom stereocenters. The number of rotatable bonds is 6. The van der Waals surface area contributed by atoms with E-state index in [-0.39, 0.29) is 18.4 Å². The van der Waals surface area contributed by atoms with Gasteiger partial charge in [-0.25, -0.2) is 0 Å². The maximum absolute atomic E-state index is 12.1. The van der Waals surface area contributed by atoms with E-state index in [1.807, 2.05) is 20.8 Å². The van der Waals surface area contributed by atoms with E-state index < -0.39 is 0 Å². The van der Waals surface area contributed by atoms with Gasteiger partial charge in [-0.3, -0.25) is 14.3 Å². The van der Waals surface area contributed by atoms with E-state index in [9.17, 15) is 9.59 Å². The maximum atomic E-state index is 12.1. The summed E-state index contributed by atoms with van der Waals surface area (Å²) in [4.78, 5) is 25.6. The molecule has 7 nitrogen and oxygen atoms in total. The third-order valence-corrected chi connectivity index (χ3v) is 3.20. The monoisotopic (exact) mass is 281 g/mol. The summed E-state index contributed by atoms with van der Waals surface area (Å²) in [5.74, 6) is -0.480. The normalized spacial score (nSPS) is 10.4. The number of nitrogens with one attached hydrogen (secondary N) is 1. The lowest BCUT2D eigenvalue weighted by Gasteiger charge is -2.18. The first kappa shape index (κ1) is 16.0. The molecule has 3 N–H and O–H groups in total. The minimum atomic E-state index is -0.370. The highest BCUT2D eigenvalue weighted by atomic mass is 16.2. The van der Waals surface area contributed by atoms with Crippen LogP contribution in [0.4, 0.5) is 5.69 Å². The van der Waals surface area contributed by atoms with Crippen molar-refractivity contribution >= 4 is 17.5 Å². The van der Waals surface area contributed by atoms with Crippen LogP contribution in [0.3, 0.4) is 0 Å². The number of anilines is 1. The Morgan fingerprint density at radius 2 is 1.90 bits per heavy atom. The molecule has 1 aromatic heterocycles. The first-order valence-corrected chi connectivity index (χ1v) is 6.84. The number of carbonyl (C=O) groups is 2. The lowest BCUT2D eigenvalue weighted by molar-refractivity contribution is -0.129. The molecule has 1 heterocycles. The zero-order valence-electron chi connectivity index (χ0n) is 12.6. The van der Waals surface area contributed by atoms with Gasteiger partial charge in [0.2, 0.25) is 5.91 Å². The van der Waals surface area contributed by atoms with Crippen molar-refractivity contribution in [3.8, 4) is 0 Å². The van der Waals surface area contributed by atoms with Crippen LogP contribution in [-0.2, 0) is 11.3 Å². The van der Waals surface area contributed by atoms with E-state index in [1.54, 1.807) is 16.5 Å². The number of hydrogen-bond donors (Lipinski definition) is 2. The number of nitrogens with zero attached hydrogens (tertiary/aromatic N) is 3. The number of hydrogen-bond acceptors (Lipinski definition) is 4. The molecule has 2 amide bonds. The molecule has 0 aromatic carbocycles. The zero-order chi connectivity index (χ0) is 15.3. The number of likely N-dealkylation sites (N-methyl/N-ethyl adjacent to an activating group) is 1. The number of aromatic nitrogens is 2. The number of carbonyl (C=O) groups excluding carboxylic acids is 2. The molecule has 0 atom stereocenters. The fraction of sp³-hybridized carbons (Fsp3) is 0.615. The van der Waals surface area contributed by atoms with Gasteiger partial charge in [0.1, 0.15) is 5.69 Å². The van der Waals surface area contributed by atoms with Gasteiger partial charge in [-0.1, -0.05) is 0 Å². The van der Waals surface area contributed by atoms with Crippen molar-refractivity contribution in [3.63, 3.8) is 0 Å². The molecule has 0 aliphatic heterocycles. The van der Waals surface area contributed by atoms with Crippen molar-refractivity contribution in [1.82, 2.24) is 20.0 Å². The Morgan fingerprint density at radius 3 is 2.40 bits per heavy atom. The van der Waals surface area contributed by atoms with Crippen molar-refractivity contribution in [2.75, 3.05) is 25.4 Å². The van der Waals surface area contributed by atoms with Gasteiger partial charge in [-0.2, -0.15) is 5.10 Å². The first-order valence-electron chi connectivity index (χ1n) is 6.84. The molecular weight excluding hydrogens is 258 g/mol. The van der Waals surface area contributed by atoms with E-state index >= 15 is 0 Å². The minimum absolute atomic E-state index is 0.0338. The molecular formula is C13H23N5O2. The smallest absolute Gasteiger partial charge is 0.272 e. The number of nitrogens with two attached hydrogens (primary N) is 1. The van der Waals surface area contributed by atoms with Crippen LogP contribution in [0.1, 0.15) is 37.0 Å². The molecule has 0 aliphatic carbocycles. The lowest BCUT2D eigenvalue weighted by Crippen LogP contribution is -2.40. The quantitative estimate of drug-likeness (QED) is 0.789. The standard InChI is InChI=1S/C13H23N5O2/c1-5-17(6-2)10(19)8-15-13(20)12-11(14)9(4)16-18(12)7-3/h5-8,14H2,1-4H3,(H,15,20). The highest BCUT2D eigenvalue weighted by Crippen LogP contribution is 2.15. The van der Waals surface area contributed by atoms with Gasteiger partial charge in [0.05, 0.1) is 17.9 Å². The predicted octanol–water partition coefficient (Wildman–Crippen LogP) is 0.392. The van der Waals surface area contributed by atoms with E-state index in [0.29, 0.717) is 36.7 Å². The van der Waals surface area contributed by atoms with E-state index in [2.05, 4.69) is 10.4 Å². The van der Waals surface area contributed by atoms with Gasteiger partial charge in [-0.15, -0.1) is 0 Å². The third kappa shape index (κ3) is 3.28. The van der Waals surface area contributed by atoms with Crippen LogP contribution in [-0.4, -0.2) is 46.1 Å². The fourth-order valence-electron chi connectivity index (χ4n) is 1.99. The average Bonchev–Trinajstić information content (AvgIpc) is 2.73. The molecule has 0 saturated carbocycles. The summed E-state index contributed by atoms with van der Waals surface area (Å²) in [7, 11) is 0. The molecule has 112 valence electrons. The van der Waals surface area contributed by atoms with E-state index in [4.69, 9.17) is 5.73 Å². The lowest BCUT2D eigenvalue weighted by atomic mass is 10.3.